The summed E-state index contributed by atoms with van der Waals surface area (Å²) < 4.78 is 0. The summed E-state index contributed by atoms with van der Waals surface area (Å²) in [6, 6.07) is 23.2. The molecule has 0 saturated heterocycles. The summed E-state index contributed by atoms with van der Waals surface area (Å²) in [7, 11) is 0. The highest BCUT2D eigenvalue weighted by Crippen LogP contribution is 2.33. The van der Waals surface area contributed by atoms with Gasteiger partial charge in [-0.3, -0.25) is 9.97 Å². The molecule has 4 nitrogen and oxygen atoms in total. The van der Waals surface area contributed by atoms with E-state index in [0.29, 0.717) is 5.56 Å². The zero-order valence-electron chi connectivity index (χ0n) is 14.4. The van der Waals surface area contributed by atoms with Crippen molar-refractivity contribution in [2.75, 3.05) is 0 Å². The van der Waals surface area contributed by atoms with E-state index in [1.54, 1.807) is 18.5 Å². The van der Waals surface area contributed by atoms with Gasteiger partial charge >= 0.3 is 0 Å². The lowest BCUT2D eigenvalue weighted by atomic mass is 10.0. The van der Waals surface area contributed by atoms with Gasteiger partial charge in [-0.15, -0.1) is 0 Å². The number of aromatic nitrogens is 3. The van der Waals surface area contributed by atoms with Crippen LogP contribution >= 0.6 is 0 Å². The Hall–Kier alpha value is -3.79. The van der Waals surface area contributed by atoms with Crippen molar-refractivity contribution in [3.05, 3.63) is 85.2 Å². The first kappa shape index (κ1) is 15.5. The van der Waals surface area contributed by atoms with Gasteiger partial charge in [0.25, 0.3) is 0 Å². The van der Waals surface area contributed by atoms with E-state index in [-0.39, 0.29) is 5.75 Å². The molecule has 0 bridgehead atoms. The lowest BCUT2D eigenvalue weighted by Crippen LogP contribution is -1.90. The smallest absolute Gasteiger partial charge is 0.125 e. The second kappa shape index (κ2) is 6.18. The number of hydrogen-bond donors (Lipinski definition) is 1. The zero-order valence-corrected chi connectivity index (χ0v) is 14.4. The fraction of sp³-hybridized carbons (Fsp3) is 0. The fourth-order valence-corrected chi connectivity index (χ4v) is 3.31. The van der Waals surface area contributed by atoms with E-state index in [1.165, 1.54) is 0 Å². The molecule has 0 atom stereocenters. The number of aromatic hydroxyl groups is 1. The average Bonchev–Trinajstić information content (AvgIpc) is 2.74. The maximum Gasteiger partial charge on any atom is 0.125 e. The molecule has 128 valence electrons. The average molecular weight is 349 g/mol. The second-order valence-electron chi connectivity index (χ2n) is 6.36. The van der Waals surface area contributed by atoms with E-state index in [0.717, 1.165) is 38.8 Å². The van der Waals surface area contributed by atoms with Crippen molar-refractivity contribution in [2.45, 2.75) is 0 Å². The van der Waals surface area contributed by atoms with E-state index in [1.807, 2.05) is 48.5 Å². The number of pyridine rings is 3. The predicted molar refractivity (Wildman–Crippen MR) is 107 cm³/mol. The van der Waals surface area contributed by atoms with Gasteiger partial charge in [-0.1, -0.05) is 30.3 Å². The van der Waals surface area contributed by atoms with Crippen LogP contribution in [-0.2, 0) is 0 Å². The van der Waals surface area contributed by atoms with Crippen molar-refractivity contribution in [1.82, 2.24) is 15.0 Å². The molecule has 0 aliphatic rings. The van der Waals surface area contributed by atoms with Crippen molar-refractivity contribution >= 4 is 21.8 Å². The van der Waals surface area contributed by atoms with E-state index in [4.69, 9.17) is 4.98 Å². The third kappa shape index (κ3) is 2.68. The molecule has 0 spiro atoms. The van der Waals surface area contributed by atoms with Gasteiger partial charge in [0.1, 0.15) is 5.75 Å². The van der Waals surface area contributed by atoms with E-state index in [9.17, 15) is 5.11 Å². The largest absolute Gasteiger partial charge is 0.507 e. The summed E-state index contributed by atoms with van der Waals surface area (Å²) in [5.74, 6) is 0.199. The zero-order chi connectivity index (χ0) is 18.2. The number of rotatable bonds is 2. The lowest BCUT2D eigenvalue weighted by Gasteiger charge is -2.09. The normalized spacial score (nSPS) is 11.1. The number of phenolic OH excluding ortho intramolecular Hbond substituents is 1. The van der Waals surface area contributed by atoms with Crippen molar-refractivity contribution in [1.29, 1.82) is 0 Å². The Morgan fingerprint density at radius 1 is 0.630 bits per heavy atom. The first-order valence-electron chi connectivity index (χ1n) is 8.69. The highest BCUT2D eigenvalue weighted by atomic mass is 16.3. The summed E-state index contributed by atoms with van der Waals surface area (Å²) in [6.07, 6.45) is 3.50. The van der Waals surface area contributed by atoms with Gasteiger partial charge in [0.05, 0.1) is 22.4 Å². The molecule has 1 N–H and O–H groups in total. The summed E-state index contributed by atoms with van der Waals surface area (Å²) in [4.78, 5) is 13.7. The summed E-state index contributed by atoms with van der Waals surface area (Å²) >= 11 is 0. The quantitative estimate of drug-likeness (QED) is 0.444. The molecule has 0 unspecified atom stereocenters. The van der Waals surface area contributed by atoms with Crippen molar-refractivity contribution in [3.63, 3.8) is 0 Å². The van der Waals surface area contributed by atoms with E-state index in [2.05, 4.69) is 28.2 Å². The Labute approximate surface area is 155 Å². The van der Waals surface area contributed by atoms with Crippen LogP contribution in [0.2, 0.25) is 0 Å². The van der Waals surface area contributed by atoms with Crippen molar-refractivity contribution in [3.8, 4) is 28.3 Å². The molecule has 5 rings (SSSR count). The Kier molecular flexibility index (Phi) is 3.54. The highest BCUT2D eigenvalue weighted by molar-refractivity contribution is 6.03. The van der Waals surface area contributed by atoms with Gasteiger partial charge in [0.2, 0.25) is 0 Å². The molecule has 5 aromatic rings. The third-order valence-corrected chi connectivity index (χ3v) is 4.67. The monoisotopic (exact) mass is 349 g/mol. The molecule has 0 radical (unpaired) electrons. The van der Waals surface area contributed by atoms with Gasteiger partial charge in [-0.05, 0) is 42.5 Å². The minimum absolute atomic E-state index is 0.199. The van der Waals surface area contributed by atoms with Crippen LogP contribution in [0.4, 0.5) is 0 Å². The Balaban J connectivity index is 1.71. The molecular weight excluding hydrogens is 334 g/mol. The summed E-state index contributed by atoms with van der Waals surface area (Å²) in [6.45, 7) is 0. The molecule has 2 aromatic carbocycles. The van der Waals surface area contributed by atoms with E-state index >= 15 is 0 Å². The van der Waals surface area contributed by atoms with Crippen LogP contribution in [0.5, 0.6) is 5.75 Å². The number of benzene rings is 2. The standard InChI is InChI=1S/C23H15N3O/c27-21-11-9-17(14-18(21)20-5-1-2-12-24-20)19-10-8-16-7-6-15-4-3-13-25-22(15)23(16)26-19/h1-14,27H. The molecule has 4 heteroatoms. The van der Waals surface area contributed by atoms with Crippen molar-refractivity contribution < 1.29 is 5.11 Å². The maximum absolute atomic E-state index is 10.3. The van der Waals surface area contributed by atoms with Crippen molar-refractivity contribution in [2.24, 2.45) is 0 Å². The summed E-state index contributed by atoms with van der Waals surface area (Å²) in [5, 5.41) is 12.4. The highest BCUT2D eigenvalue weighted by Gasteiger charge is 2.10. The summed E-state index contributed by atoms with van der Waals surface area (Å²) in [5.41, 5.74) is 4.93. The number of hydrogen-bond acceptors (Lipinski definition) is 4. The molecule has 0 amide bonds. The van der Waals surface area contributed by atoms with Crippen LogP contribution in [0.25, 0.3) is 44.3 Å². The Morgan fingerprint density at radius 3 is 2.30 bits per heavy atom. The van der Waals surface area contributed by atoms with Gasteiger partial charge < -0.3 is 5.11 Å². The number of nitrogens with zero attached hydrogens (tertiary/aromatic N) is 3. The Morgan fingerprint density at radius 2 is 1.44 bits per heavy atom. The topological polar surface area (TPSA) is 58.9 Å². The van der Waals surface area contributed by atoms with Gasteiger partial charge in [-0.2, -0.15) is 0 Å². The molecule has 27 heavy (non-hydrogen) atoms. The molecular formula is C23H15N3O. The van der Waals surface area contributed by atoms with E-state index < -0.39 is 0 Å². The van der Waals surface area contributed by atoms with Crippen LogP contribution < -0.4 is 0 Å². The second-order valence-corrected chi connectivity index (χ2v) is 6.36. The molecule has 3 aromatic heterocycles. The SMILES string of the molecule is Oc1ccc(-c2ccc3ccc4cccnc4c3n2)cc1-c1ccccn1. The first-order valence-corrected chi connectivity index (χ1v) is 8.69. The molecule has 3 heterocycles. The van der Waals surface area contributed by atoms with Crippen LogP contribution in [0.3, 0.4) is 0 Å². The molecule has 0 saturated carbocycles. The minimum atomic E-state index is 0.199. The fourth-order valence-electron chi connectivity index (χ4n) is 3.31. The number of fused-ring (bicyclic) bond motifs is 3. The molecule has 0 fully saturated rings. The third-order valence-electron chi connectivity index (χ3n) is 4.67. The molecule has 0 aliphatic heterocycles. The van der Waals surface area contributed by atoms with Crippen LogP contribution in [0.1, 0.15) is 0 Å². The lowest BCUT2D eigenvalue weighted by molar-refractivity contribution is 0.477. The predicted octanol–water partition coefficient (Wildman–Crippen LogP) is 5.22. The van der Waals surface area contributed by atoms with Gasteiger partial charge in [-0.25, -0.2) is 4.98 Å². The van der Waals surface area contributed by atoms with Crippen LogP contribution in [0.15, 0.2) is 85.2 Å². The first-order chi connectivity index (χ1) is 13.3. The molecule has 0 aliphatic carbocycles. The van der Waals surface area contributed by atoms with Crippen LogP contribution in [0, 0.1) is 0 Å². The van der Waals surface area contributed by atoms with Crippen LogP contribution in [-0.4, -0.2) is 20.1 Å². The number of phenols is 1. The minimum Gasteiger partial charge on any atom is -0.507 e. The van der Waals surface area contributed by atoms with Gasteiger partial charge in [0, 0.05) is 34.3 Å². The Bertz CT molecular complexity index is 1280. The van der Waals surface area contributed by atoms with Gasteiger partial charge in [0.15, 0.2) is 0 Å². The maximum atomic E-state index is 10.3.